The molecule has 1 saturated heterocycles. The minimum Gasteiger partial charge on any atom is -0.370 e. The lowest BCUT2D eigenvalue weighted by atomic mass is 10.0. The lowest BCUT2D eigenvalue weighted by Gasteiger charge is -2.36. The van der Waals surface area contributed by atoms with Gasteiger partial charge in [-0.2, -0.15) is 0 Å². The molecule has 8 heteroatoms. The third kappa shape index (κ3) is 5.17. The highest BCUT2D eigenvalue weighted by molar-refractivity contribution is 7.89. The lowest BCUT2D eigenvalue weighted by molar-refractivity contribution is 0.446. The van der Waals surface area contributed by atoms with Gasteiger partial charge in [0.15, 0.2) is 0 Å². The minimum atomic E-state index is -3.64. The van der Waals surface area contributed by atoms with E-state index in [1.165, 1.54) is 31.4 Å². The first-order valence-electron chi connectivity index (χ1n) is 9.41. The second-order valence-corrected chi connectivity index (χ2v) is 8.44. The van der Waals surface area contributed by atoms with Gasteiger partial charge in [0.2, 0.25) is 10.0 Å². The topological polar surface area (TPSA) is 101 Å². The van der Waals surface area contributed by atoms with Crippen molar-refractivity contribution >= 4 is 21.7 Å². The Kier molecular flexibility index (Phi) is 6.28. The molecule has 0 radical (unpaired) electrons. The zero-order valence-electron chi connectivity index (χ0n) is 15.6. The number of nitrogens with zero attached hydrogens (tertiary/aromatic N) is 3. The first kappa shape index (κ1) is 19.6. The summed E-state index contributed by atoms with van der Waals surface area (Å²) in [6.45, 7) is 3.97. The van der Waals surface area contributed by atoms with Gasteiger partial charge in [-0.25, -0.2) is 23.5 Å². The zero-order valence-corrected chi connectivity index (χ0v) is 16.5. The van der Waals surface area contributed by atoms with Gasteiger partial charge in [-0.05, 0) is 49.8 Å². The predicted octanol–water partition coefficient (Wildman–Crippen LogP) is 2.55. The molecule has 1 fully saturated rings. The van der Waals surface area contributed by atoms with Crippen molar-refractivity contribution in [2.45, 2.75) is 50.0 Å². The molecule has 2 aromatic rings. The molecular weight excluding hydrogens is 362 g/mol. The van der Waals surface area contributed by atoms with Crippen LogP contribution in [0.4, 0.5) is 11.6 Å². The van der Waals surface area contributed by atoms with E-state index in [2.05, 4.69) is 27.1 Å². The summed E-state index contributed by atoms with van der Waals surface area (Å²) in [6, 6.07) is 9.21. The van der Waals surface area contributed by atoms with Gasteiger partial charge in [0.25, 0.3) is 0 Å². The Balaban J connectivity index is 1.58. The fourth-order valence-electron chi connectivity index (χ4n) is 3.51. The number of hydrogen-bond acceptors (Lipinski definition) is 6. The Morgan fingerprint density at radius 1 is 1.22 bits per heavy atom. The van der Waals surface area contributed by atoms with Crippen LogP contribution in [0.3, 0.4) is 0 Å². The van der Waals surface area contributed by atoms with E-state index in [-0.39, 0.29) is 4.90 Å². The van der Waals surface area contributed by atoms with Gasteiger partial charge < -0.3 is 10.2 Å². The van der Waals surface area contributed by atoms with Gasteiger partial charge in [-0.1, -0.05) is 19.1 Å². The highest BCUT2D eigenvalue weighted by atomic mass is 32.2. The molecule has 1 aromatic heterocycles. The van der Waals surface area contributed by atoms with Crippen molar-refractivity contribution in [1.29, 1.82) is 0 Å². The molecule has 0 saturated carbocycles. The number of anilines is 2. The number of nitrogens with one attached hydrogen (secondary N) is 1. The molecule has 1 unspecified atom stereocenters. The third-order valence-electron chi connectivity index (χ3n) is 5.02. The van der Waals surface area contributed by atoms with Crippen LogP contribution >= 0.6 is 0 Å². The maximum Gasteiger partial charge on any atom is 0.238 e. The van der Waals surface area contributed by atoms with E-state index in [1.54, 1.807) is 18.5 Å². The summed E-state index contributed by atoms with van der Waals surface area (Å²) in [5.74, 6) is 1.79. The predicted molar refractivity (Wildman–Crippen MR) is 107 cm³/mol. The Morgan fingerprint density at radius 2 is 2.00 bits per heavy atom. The maximum absolute atomic E-state index is 11.3. The first-order valence-corrected chi connectivity index (χ1v) is 11.0. The summed E-state index contributed by atoms with van der Waals surface area (Å²) >= 11 is 0. The van der Waals surface area contributed by atoms with E-state index in [0.29, 0.717) is 12.6 Å². The Labute approximate surface area is 161 Å². The molecule has 7 nitrogen and oxygen atoms in total. The smallest absolute Gasteiger partial charge is 0.238 e. The number of rotatable bonds is 7. The molecule has 2 heterocycles. The zero-order chi connectivity index (χ0) is 19.3. The molecule has 1 aliphatic heterocycles. The molecule has 1 atom stereocenters. The third-order valence-corrected chi connectivity index (χ3v) is 5.95. The van der Waals surface area contributed by atoms with E-state index < -0.39 is 10.0 Å². The van der Waals surface area contributed by atoms with E-state index >= 15 is 0 Å². The molecule has 0 amide bonds. The number of benzene rings is 1. The van der Waals surface area contributed by atoms with Crippen molar-refractivity contribution in [3.63, 3.8) is 0 Å². The number of aromatic nitrogens is 2. The summed E-state index contributed by atoms with van der Waals surface area (Å²) in [5.41, 5.74) is 1.03. The van der Waals surface area contributed by atoms with Gasteiger partial charge in [0, 0.05) is 25.2 Å². The largest absolute Gasteiger partial charge is 0.370 e. The van der Waals surface area contributed by atoms with E-state index in [0.717, 1.165) is 36.6 Å². The number of nitrogens with two attached hydrogens (primary N) is 1. The summed E-state index contributed by atoms with van der Waals surface area (Å²) in [7, 11) is -3.64. The SMILES string of the molecule is CCC1CCCCN1c1cc(NCCc2ccc(S(N)(=O)=O)cc2)ncn1. The van der Waals surface area contributed by atoms with Crippen LogP contribution < -0.4 is 15.4 Å². The molecule has 1 aromatic carbocycles. The second kappa shape index (κ2) is 8.67. The molecule has 146 valence electrons. The van der Waals surface area contributed by atoms with Crippen LogP contribution in [0.15, 0.2) is 41.6 Å². The normalized spacial score (nSPS) is 17.7. The van der Waals surface area contributed by atoms with Crippen LogP contribution in [0, 0.1) is 0 Å². The summed E-state index contributed by atoms with van der Waals surface area (Å²) in [4.78, 5) is 11.3. The van der Waals surface area contributed by atoms with Crippen LogP contribution in [0.25, 0.3) is 0 Å². The minimum absolute atomic E-state index is 0.131. The monoisotopic (exact) mass is 389 g/mol. The van der Waals surface area contributed by atoms with Gasteiger partial charge in [0.05, 0.1) is 4.90 Å². The second-order valence-electron chi connectivity index (χ2n) is 6.88. The summed E-state index contributed by atoms with van der Waals surface area (Å²) < 4.78 is 22.6. The van der Waals surface area contributed by atoms with E-state index in [1.807, 2.05) is 6.07 Å². The average Bonchev–Trinajstić information content (AvgIpc) is 2.68. The van der Waals surface area contributed by atoms with Crippen LogP contribution in [0.5, 0.6) is 0 Å². The first-order chi connectivity index (χ1) is 13.0. The van der Waals surface area contributed by atoms with Crippen molar-refractivity contribution in [3.05, 3.63) is 42.2 Å². The lowest BCUT2D eigenvalue weighted by Crippen LogP contribution is -2.39. The van der Waals surface area contributed by atoms with E-state index in [4.69, 9.17) is 5.14 Å². The van der Waals surface area contributed by atoms with Gasteiger partial charge in [0.1, 0.15) is 18.0 Å². The maximum atomic E-state index is 11.3. The van der Waals surface area contributed by atoms with Crippen molar-refractivity contribution in [1.82, 2.24) is 9.97 Å². The van der Waals surface area contributed by atoms with Crippen molar-refractivity contribution in [3.8, 4) is 0 Å². The number of piperidine rings is 1. The highest BCUT2D eigenvalue weighted by Gasteiger charge is 2.22. The van der Waals surface area contributed by atoms with Gasteiger partial charge in [-0.15, -0.1) is 0 Å². The molecular formula is C19H27N5O2S. The molecule has 3 rings (SSSR count). The van der Waals surface area contributed by atoms with Crippen LogP contribution in [-0.2, 0) is 16.4 Å². The van der Waals surface area contributed by atoms with Crippen molar-refractivity contribution < 1.29 is 8.42 Å². The molecule has 27 heavy (non-hydrogen) atoms. The number of sulfonamides is 1. The summed E-state index contributed by atoms with van der Waals surface area (Å²) in [6.07, 6.45) is 7.21. The average molecular weight is 390 g/mol. The summed E-state index contributed by atoms with van der Waals surface area (Å²) in [5, 5.41) is 8.45. The molecule has 0 aliphatic carbocycles. The van der Waals surface area contributed by atoms with E-state index in [9.17, 15) is 8.42 Å². The quantitative estimate of drug-likeness (QED) is 0.755. The fraction of sp³-hybridized carbons (Fsp3) is 0.474. The van der Waals surface area contributed by atoms with Gasteiger partial charge >= 0.3 is 0 Å². The van der Waals surface area contributed by atoms with Crippen LogP contribution in [0.2, 0.25) is 0 Å². The fourth-order valence-corrected chi connectivity index (χ4v) is 4.02. The molecule has 0 spiro atoms. The number of primary sulfonamides is 1. The van der Waals surface area contributed by atoms with Crippen LogP contribution in [0.1, 0.15) is 38.2 Å². The van der Waals surface area contributed by atoms with Crippen molar-refractivity contribution in [2.24, 2.45) is 5.14 Å². The Morgan fingerprint density at radius 3 is 2.70 bits per heavy atom. The molecule has 3 N–H and O–H groups in total. The van der Waals surface area contributed by atoms with Gasteiger partial charge in [-0.3, -0.25) is 0 Å². The number of hydrogen-bond donors (Lipinski definition) is 2. The van der Waals surface area contributed by atoms with Crippen LogP contribution in [-0.4, -0.2) is 37.5 Å². The molecule has 1 aliphatic rings. The standard InChI is InChI=1S/C19H27N5O2S/c1-2-16-5-3-4-12-24(16)19-13-18(22-14-23-19)21-11-10-15-6-8-17(9-7-15)27(20,25)26/h6-9,13-14,16H,2-5,10-12H2,1H3,(H2,20,25,26)(H,21,22,23). The molecule has 0 bridgehead atoms. The van der Waals surface area contributed by atoms with Crippen molar-refractivity contribution in [2.75, 3.05) is 23.3 Å². The Bertz CT molecular complexity index is 855. The Hall–Kier alpha value is -2.19. The highest BCUT2D eigenvalue weighted by Crippen LogP contribution is 2.25.